The van der Waals surface area contributed by atoms with E-state index in [9.17, 15) is 14.4 Å². The molecule has 0 unspecified atom stereocenters. The lowest BCUT2D eigenvalue weighted by molar-refractivity contribution is -0.172. The van der Waals surface area contributed by atoms with Crippen LogP contribution in [0.3, 0.4) is 0 Å². The number of amides is 2. The zero-order valence-corrected chi connectivity index (χ0v) is 11.6. The van der Waals surface area contributed by atoms with Crippen LogP contribution in [0.4, 0.5) is 5.69 Å². The number of nitrogens with zero attached hydrogens (tertiary/aromatic N) is 7. The second-order valence-corrected chi connectivity index (χ2v) is 4.43. The standard InChI is InChI=1S/C12H9N7O4/c13-17-15-6-7-3-8(5-9(4-7)16-18-14)12(22)23-19-10(20)1-2-11(19)21/h3-5H,1-2,6H2. The number of azide groups is 2. The molecule has 2 amide bonds. The lowest BCUT2D eigenvalue weighted by atomic mass is 10.1. The summed E-state index contributed by atoms with van der Waals surface area (Å²) >= 11 is 0. The second kappa shape index (κ2) is 6.94. The van der Waals surface area contributed by atoms with Crippen LogP contribution in [0.15, 0.2) is 28.4 Å². The maximum absolute atomic E-state index is 12.1. The summed E-state index contributed by atoms with van der Waals surface area (Å²) in [5, 5.41) is 7.13. The van der Waals surface area contributed by atoms with Crippen LogP contribution in [0.1, 0.15) is 28.8 Å². The number of hydrogen-bond donors (Lipinski definition) is 0. The molecule has 116 valence electrons. The maximum Gasteiger partial charge on any atom is 0.363 e. The van der Waals surface area contributed by atoms with Gasteiger partial charge in [-0.3, -0.25) is 9.59 Å². The van der Waals surface area contributed by atoms with Crippen LogP contribution in [0.25, 0.3) is 20.9 Å². The molecule has 1 aliphatic rings. The summed E-state index contributed by atoms with van der Waals surface area (Å²) in [4.78, 5) is 44.9. The van der Waals surface area contributed by atoms with Crippen molar-refractivity contribution in [3.05, 3.63) is 50.2 Å². The number of hydrogen-bond acceptors (Lipinski definition) is 6. The monoisotopic (exact) mass is 315 g/mol. The summed E-state index contributed by atoms with van der Waals surface area (Å²) in [6, 6.07) is 4.00. The molecule has 0 atom stereocenters. The van der Waals surface area contributed by atoms with Gasteiger partial charge in [0.25, 0.3) is 11.8 Å². The van der Waals surface area contributed by atoms with Gasteiger partial charge >= 0.3 is 5.97 Å². The van der Waals surface area contributed by atoms with Gasteiger partial charge in [0.1, 0.15) is 0 Å². The molecule has 1 heterocycles. The summed E-state index contributed by atoms with van der Waals surface area (Å²) < 4.78 is 0. The molecule has 1 aliphatic heterocycles. The van der Waals surface area contributed by atoms with Crippen LogP contribution in [0, 0.1) is 0 Å². The van der Waals surface area contributed by atoms with Gasteiger partial charge in [0.15, 0.2) is 0 Å². The Kier molecular flexibility index (Phi) is 4.78. The average molecular weight is 315 g/mol. The smallest absolute Gasteiger partial charge is 0.325 e. The Balaban J connectivity index is 2.29. The minimum Gasteiger partial charge on any atom is -0.325 e. The van der Waals surface area contributed by atoms with Crippen molar-refractivity contribution in [1.82, 2.24) is 5.06 Å². The molecule has 0 saturated carbocycles. The number of carbonyl (C=O) groups excluding carboxylic acids is 3. The fourth-order valence-electron chi connectivity index (χ4n) is 1.90. The minimum atomic E-state index is -0.967. The van der Waals surface area contributed by atoms with Crippen LogP contribution < -0.4 is 0 Å². The SMILES string of the molecule is [N-]=[N+]=NCc1cc(N=[N+]=[N-])cc(C(=O)ON2C(=O)CCC2=O)c1. The molecular weight excluding hydrogens is 306 g/mol. The molecule has 1 aromatic carbocycles. The third-order valence-corrected chi connectivity index (χ3v) is 2.87. The molecule has 11 heteroatoms. The van der Waals surface area contributed by atoms with Gasteiger partial charge < -0.3 is 4.84 Å². The van der Waals surface area contributed by atoms with Crippen molar-refractivity contribution >= 4 is 23.5 Å². The quantitative estimate of drug-likeness (QED) is 0.353. The Labute approximate surface area is 128 Å². The van der Waals surface area contributed by atoms with Gasteiger partial charge in [-0.15, -0.1) is 5.06 Å². The van der Waals surface area contributed by atoms with E-state index in [4.69, 9.17) is 15.9 Å². The predicted octanol–water partition coefficient (Wildman–Crippen LogP) is 2.66. The molecule has 0 N–H and O–H groups in total. The molecule has 0 aliphatic carbocycles. The Bertz CT molecular complexity index is 762. The number of carbonyl (C=O) groups is 3. The molecule has 1 aromatic rings. The number of benzene rings is 1. The van der Waals surface area contributed by atoms with Crippen molar-refractivity contribution < 1.29 is 19.2 Å². The maximum atomic E-state index is 12.1. The van der Waals surface area contributed by atoms with E-state index in [0.717, 1.165) is 0 Å². The first-order chi connectivity index (χ1) is 11.0. The number of imide groups is 1. The first-order valence-electron chi connectivity index (χ1n) is 6.33. The van der Waals surface area contributed by atoms with E-state index < -0.39 is 17.8 Å². The van der Waals surface area contributed by atoms with Gasteiger partial charge in [0.05, 0.1) is 12.1 Å². The van der Waals surface area contributed by atoms with Crippen molar-refractivity contribution in [2.75, 3.05) is 0 Å². The van der Waals surface area contributed by atoms with E-state index in [2.05, 4.69) is 20.1 Å². The van der Waals surface area contributed by atoms with Gasteiger partial charge in [-0.05, 0) is 34.8 Å². The lowest BCUT2D eigenvalue weighted by Crippen LogP contribution is -2.32. The molecule has 23 heavy (non-hydrogen) atoms. The molecule has 0 spiro atoms. The Morgan fingerprint density at radius 2 is 1.87 bits per heavy atom. The van der Waals surface area contributed by atoms with E-state index in [1.54, 1.807) is 0 Å². The van der Waals surface area contributed by atoms with Crippen LogP contribution in [-0.4, -0.2) is 22.8 Å². The normalized spacial score (nSPS) is 13.3. The fraction of sp³-hybridized carbons (Fsp3) is 0.250. The molecule has 0 bridgehead atoms. The van der Waals surface area contributed by atoms with E-state index in [1.165, 1.54) is 18.2 Å². The average Bonchev–Trinajstić information content (AvgIpc) is 2.85. The third kappa shape index (κ3) is 3.76. The van der Waals surface area contributed by atoms with Crippen LogP contribution in [0.5, 0.6) is 0 Å². The van der Waals surface area contributed by atoms with Crippen molar-refractivity contribution in [2.45, 2.75) is 19.4 Å². The fourth-order valence-corrected chi connectivity index (χ4v) is 1.90. The predicted molar refractivity (Wildman–Crippen MR) is 74.6 cm³/mol. The van der Waals surface area contributed by atoms with Crippen LogP contribution >= 0.6 is 0 Å². The highest BCUT2D eigenvalue weighted by Gasteiger charge is 2.33. The van der Waals surface area contributed by atoms with Crippen molar-refractivity contribution in [3.63, 3.8) is 0 Å². The van der Waals surface area contributed by atoms with Crippen molar-refractivity contribution in [2.24, 2.45) is 10.2 Å². The third-order valence-electron chi connectivity index (χ3n) is 2.87. The molecule has 11 nitrogen and oxygen atoms in total. The molecule has 1 fully saturated rings. The summed E-state index contributed by atoms with van der Waals surface area (Å²) in [5.41, 5.74) is 17.3. The molecule has 2 rings (SSSR count). The highest BCUT2D eigenvalue weighted by Crippen LogP contribution is 2.21. The topological polar surface area (TPSA) is 161 Å². The highest BCUT2D eigenvalue weighted by atomic mass is 16.7. The zero-order chi connectivity index (χ0) is 16.8. The summed E-state index contributed by atoms with van der Waals surface area (Å²) in [5.74, 6) is -2.18. The largest absolute Gasteiger partial charge is 0.363 e. The van der Waals surface area contributed by atoms with E-state index in [1.807, 2.05) is 0 Å². The minimum absolute atomic E-state index is 0.0208. The zero-order valence-electron chi connectivity index (χ0n) is 11.6. The second-order valence-electron chi connectivity index (χ2n) is 4.43. The van der Waals surface area contributed by atoms with Crippen molar-refractivity contribution in [3.8, 4) is 0 Å². The molecule has 0 radical (unpaired) electrons. The van der Waals surface area contributed by atoms with Gasteiger partial charge in [-0.25, -0.2) is 4.79 Å². The van der Waals surface area contributed by atoms with E-state index >= 15 is 0 Å². The summed E-state index contributed by atoms with van der Waals surface area (Å²) in [7, 11) is 0. The first-order valence-corrected chi connectivity index (χ1v) is 6.33. The molecule has 1 saturated heterocycles. The van der Waals surface area contributed by atoms with Crippen LogP contribution in [0.2, 0.25) is 0 Å². The van der Waals surface area contributed by atoms with Gasteiger partial charge in [0, 0.05) is 28.4 Å². The van der Waals surface area contributed by atoms with E-state index in [0.29, 0.717) is 10.6 Å². The Hall–Kier alpha value is -3.55. The van der Waals surface area contributed by atoms with Gasteiger partial charge in [-0.2, -0.15) is 0 Å². The molecule has 0 aromatic heterocycles. The van der Waals surface area contributed by atoms with Crippen LogP contribution in [-0.2, 0) is 21.0 Å². The Morgan fingerprint density at radius 3 is 2.48 bits per heavy atom. The highest BCUT2D eigenvalue weighted by molar-refractivity contribution is 6.02. The summed E-state index contributed by atoms with van der Waals surface area (Å²) in [6.07, 6.45) is -0.0416. The number of hydroxylamine groups is 2. The molecular formula is C12H9N7O4. The summed E-state index contributed by atoms with van der Waals surface area (Å²) in [6.45, 7) is -0.0762. The lowest BCUT2D eigenvalue weighted by Gasteiger charge is -2.13. The van der Waals surface area contributed by atoms with E-state index in [-0.39, 0.29) is 30.6 Å². The van der Waals surface area contributed by atoms with Gasteiger partial charge in [0.2, 0.25) is 0 Å². The Morgan fingerprint density at radius 1 is 1.17 bits per heavy atom. The van der Waals surface area contributed by atoms with Crippen molar-refractivity contribution in [1.29, 1.82) is 0 Å². The first kappa shape index (κ1) is 15.8. The number of rotatable bonds is 5. The van der Waals surface area contributed by atoms with Gasteiger partial charge in [-0.1, -0.05) is 10.2 Å².